The molecular weight excluding hydrogens is 524 g/mol. The molecule has 2 aliphatic rings. The standard InChI is InChI=1S/C35H36N4OS/c1-23-9-11-25(12-10-23)22-31-34(40)39-33(26-15-19-29(20-16-26)38(4)5)30-8-6-7-27(32(30)36-35(39)41-31)21-24-13-17-28(18-14-24)37(2)3/h9-22,33H,6-8H2,1-5H3/b27-21+,31-22+. The van der Waals surface area contributed by atoms with Crippen LogP contribution in [0, 0.1) is 6.92 Å². The Hall–Kier alpha value is -4.16. The first-order valence-corrected chi connectivity index (χ1v) is 15.0. The van der Waals surface area contributed by atoms with Crippen LogP contribution in [-0.2, 0) is 0 Å². The number of aromatic nitrogens is 1. The lowest BCUT2D eigenvalue weighted by atomic mass is 9.83. The number of rotatable bonds is 5. The molecule has 208 valence electrons. The molecule has 0 fully saturated rings. The van der Waals surface area contributed by atoms with Gasteiger partial charge in [0.25, 0.3) is 5.56 Å². The molecule has 0 bridgehead atoms. The van der Waals surface area contributed by atoms with Crippen molar-refractivity contribution in [1.29, 1.82) is 0 Å². The van der Waals surface area contributed by atoms with E-state index in [2.05, 4.69) is 110 Å². The van der Waals surface area contributed by atoms with E-state index in [1.807, 2.05) is 24.7 Å². The minimum atomic E-state index is -0.169. The second-order valence-corrected chi connectivity index (χ2v) is 12.4. The van der Waals surface area contributed by atoms with Gasteiger partial charge in [-0.25, -0.2) is 4.99 Å². The van der Waals surface area contributed by atoms with Gasteiger partial charge in [0.05, 0.1) is 16.3 Å². The third-order valence-corrected chi connectivity index (χ3v) is 8.97. The lowest BCUT2D eigenvalue weighted by Gasteiger charge is -2.31. The van der Waals surface area contributed by atoms with Crippen molar-refractivity contribution >= 4 is 34.9 Å². The molecule has 0 radical (unpaired) electrons. The van der Waals surface area contributed by atoms with E-state index in [0.29, 0.717) is 4.53 Å². The van der Waals surface area contributed by atoms with Crippen LogP contribution in [0.25, 0.3) is 12.2 Å². The number of aryl methyl sites for hydroxylation is 1. The zero-order valence-corrected chi connectivity index (χ0v) is 25.2. The highest BCUT2D eigenvalue weighted by atomic mass is 32.1. The molecular formula is C35H36N4OS. The maximum Gasteiger partial charge on any atom is 0.271 e. The molecule has 0 spiro atoms. The Morgan fingerprint density at radius 3 is 2.02 bits per heavy atom. The highest BCUT2D eigenvalue weighted by Crippen LogP contribution is 2.41. The summed E-state index contributed by atoms with van der Waals surface area (Å²) in [6.07, 6.45) is 7.22. The third-order valence-electron chi connectivity index (χ3n) is 7.98. The van der Waals surface area contributed by atoms with E-state index in [1.165, 1.54) is 39.3 Å². The van der Waals surface area contributed by atoms with Crippen molar-refractivity contribution in [3.8, 4) is 0 Å². The van der Waals surface area contributed by atoms with E-state index in [1.54, 1.807) is 0 Å². The number of allylic oxidation sites excluding steroid dienone is 2. The van der Waals surface area contributed by atoms with E-state index >= 15 is 0 Å². The van der Waals surface area contributed by atoms with Crippen molar-refractivity contribution < 1.29 is 0 Å². The fourth-order valence-electron chi connectivity index (χ4n) is 5.70. The topological polar surface area (TPSA) is 40.8 Å². The van der Waals surface area contributed by atoms with Crippen LogP contribution >= 0.6 is 11.3 Å². The molecule has 0 saturated heterocycles. The largest absolute Gasteiger partial charge is 0.378 e. The quantitative estimate of drug-likeness (QED) is 0.304. The predicted octanol–water partition coefficient (Wildman–Crippen LogP) is 5.92. The smallest absolute Gasteiger partial charge is 0.271 e. The van der Waals surface area contributed by atoms with Gasteiger partial charge in [0, 0.05) is 39.6 Å². The van der Waals surface area contributed by atoms with Crippen LogP contribution in [-0.4, -0.2) is 32.8 Å². The number of nitrogens with zero attached hydrogens (tertiary/aromatic N) is 4. The Labute approximate surface area is 245 Å². The monoisotopic (exact) mass is 560 g/mol. The Kier molecular flexibility index (Phi) is 7.26. The molecule has 2 heterocycles. The molecule has 1 aromatic heterocycles. The van der Waals surface area contributed by atoms with Gasteiger partial charge < -0.3 is 9.80 Å². The summed E-state index contributed by atoms with van der Waals surface area (Å²) in [4.78, 5) is 24.2. The van der Waals surface area contributed by atoms with Crippen LogP contribution in [0.2, 0.25) is 0 Å². The van der Waals surface area contributed by atoms with Gasteiger partial charge in [-0.3, -0.25) is 9.36 Å². The molecule has 5 nitrogen and oxygen atoms in total. The summed E-state index contributed by atoms with van der Waals surface area (Å²) in [6, 6.07) is 25.4. The lowest BCUT2D eigenvalue weighted by molar-refractivity contribution is 0.553. The molecule has 0 amide bonds. The summed E-state index contributed by atoms with van der Waals surface area (Å²) in [7, 11) is 8.21. The second-order valence-electron chi connectivity index (χ2n) is 11.4. The van der Waals surface area contributed by atoms with E-state index in [4.69, 9.17) is 4.99 Å². The van der Waals surface area contributed by atoms with E-state index < -0.39 is 0 Å². The zero-order valence-electron chi connectivity index (χ0n) is 24.4. The molecule has 1 atom stereocenters. The molecule has 4 aromatic rings. The summed E-state index contributed by atoms with van der Waals surface area (Å²) in [6.45, 7) is 2.07. The minimum Gasteiger partial charge on any atom is -0.378 e. The Bertz CT molecular complexity index is 1820. The summed E-state index contributed by atoms with van der Waals surface area (Å²) < 4.78 is 2.65. The Morgan fingerprint density at radius 2 is 1.39 bits per heavy atom. The van der Waals surface area contributed by atoms with Crippen LogP contribution in [0.15, 0.2) is 99.4 Å². The van der Waals surface area contributed by atoms with Gasteiger partial charge in [0.1, 0.15) is 0 Å². The van der Waals surface area contributed by atoms with Crippen LogP contribution in [0.4, 0.5) is 11.4 Å². The molecule has 0 N–H and O–H groups in total. The van der Waals surface area contributed by atoms with Gasteiger partial charge in [-0.05, 0) is 90.4 Å². The van der Waals surface area contributed by atoms with Crippen molar-refractivity contribution in [3.05, 3.63) is 132 Å². The van der Waals surface area contributed by atoms with Crippen molar-refractivity contribution in [2.24, 2.45) is 4.99 Å². The fourth-order valence-corrected chi connectivity index (χ4v) is 6.70. The number of benzene rings is 3. The molecule has 6 rings (SSSR count). The van der Waals surface area contributed by atoms with Gasteiger partial charge in [0.15, 0.2) is 4.80 Å². The second kappa shape index (κ2) is 11.0. The van der Waals surface area contributed by atoms with Gasteiger partial charge in [-0.15, -0.1) is 0 Å². The molecule has 1 aliphatic carbocycles. The predicted molar refractivity (Wildman–Crippen MR) is 173 cm³/mol. The van der Waals surface area contributed by atoms with Crippen molar-refractivity contribution in [2.45, 2.75) is 32.2 Å². The maximum absolute atomic E-state index is 14.0. The van der Waals surface area contributed by atoms with Gasteiger partial charge in [0.2, 0.25) is 0 Å². The summed E-state index contributed by atoms with van der Waals surface area (Å²) in [5, 5.41) is 0. The van der Waals surface area contributed by atoms with Crippen molar-refractivity contribution in [2.75, 3.05) is 38.0 Å². The number of hydrogen-bond acceptors (Lipinski definition) is 5. The maximum atomic E-state index is 14.0. The summed E-state index contributed by atoms with van der Waals surface area (Å²) in [5.74, 6) is 0. The van der Waals surface area contributed by atoms with Crippen LogP contribution < -0.4 is 24.7 Å². The number of thiazole rings is 1. The lowest BCUT2D eigenvalue weighted by Crippen LogP contribution is -2.39. The summed E-state index contributed by atoms with van der Waals surface area (Å²) in [5.41, 5.74) is 10.4. The normalized spacial score (nSPS) is 17.7. The highest BCUT2D eigenvalue weighted by Gasteiger charge is 2.32. The number of anilines is 2. The Morgan fingerprint density at radius 1 is 0.805 bits per heavy atom. The van der Waals surface area contributed by atoms with Gasteiger partial charge in [-0.1, -0.05) is 65.4 Å². The van der Waals surface area contributed by atoms with Crippen molar-refractivity contribution in [1.82, 2.24) is 4.57 Å². The molecule has 1 unspecified atom stereocenters. The number of fused-ring (bicyclic) bond motifs is 1. The molecule has 3 aromatic carbocycles. The average molecular weight is 561 g/mol. The van der Waals surface area contributed by atoms with Gasteiger partial charge >= 0.3 is 0 Å². The molecule has 0 saturated carbocycles. The SMILES string of the molecule is Cc1ccc(/C=c2/sc3n(c2=O)C(c2ccc(N(C)C)cc2)C2=C(N=3)/C(=C/c3ccc(N(C)C)cc3)CCC2)cc1. The molecule has 1 aliphatic heterocycles. The third kappa shape index (κ3) is 5.32. The molecule has 41 heavy (non-hydrogen) atoms. The van der Waals surface area contributed by atoms with E-state index in [-0.39, 0.29) is 11.6 Å². The first-order chi connectivity index (χ1) is 19.8. The van der Waals surface area contributed by atoms with Crippen LogP contribution in [0.5, 0.6) is 0 Å². The average Bonchev–Trinajstić information content (AvgIpc) is 3.28. The zero-order chi connectivity index (χ0) is 28.7. The minimum absolute atomic E-state index is 0.0259. The fraction of sp³-hybridized carbons (Fsp3) is 0.257. The first-order valence-electron chi connectivity index (χ1n) is 14.2. The molecule has 6 heteroatoms. The first kappa shape index (κ1) is 27.0. The Balaban J connectivity index is 1.53. The number of hydrogen-bond donors (Lipinski definition) is 0. The van der Waals surface area contributed by atoms with Crippen molar-refractivity contribution in [3.63, 3.8) is 0 Å². The van der Waals surface area contributed by atoms with E-state index in [0.717, 1.165) is 46.6 Å². The van der Waals surface area contributed by atoms with Gasteiger partial charge in [-0.2, -0.15) is 0 Å². The highest BCUT2D eigenvalue weighted by molar-refractivity contribution is 7.07. The van der Waals surface area contributed by atoms with Crippen LogP contribution in [0.1, 0.15) is 47.6 Å². The summed E-state index contributed by atoms with van der Waals surface area (Å²) >= 11 is 1.49. The van der Waals surface area contributed by atoms with Crippen LogP contribution in [0.3, 0.4) is 0 Å². The van der Waals surface area contributed by atoms with E-state index in [9.17, 15) is 4.79 Å².